The molecule has 1 aliphatic rings. The van der Waals surface area contributed by atoms with E-state index in [2.05, 4.69) is 0 Å². The summed E-state index contributed by atoms with van der Waals surface area (Å²) in [6, 6.07) is 14.5. The third-order valence-corrected chi connectivity index (χ3v) is 5.42. The van der Waals surface area contributed by atoms with E-state index in [4.69, 9.17) is 12.2 Å². The van der Waals surface area contributed by atoms with Gasteiger partial charge < -0.3 is 9.67 Å². The molecule has 25 heavy (non-hydrogen) atoms. The van der Waals surface area contributed by atoms with Crippen LogP contribution in [-0.4, -0.2) is 19.9 Å². The van der Waals surface area contributed by atoms with Gasteiger partial charge in [0.15, 0.2) is 4.32 Å². The molecular formula is C19H14N2O2S2. The number of hydrogen-bond donors (Lipinski definition) is 1. The highest BCUT2D eigenvalue weighted by Crippen LogP contribution is 2.37. The number of aromatic hydroxyl groups is 1. The normalized spacial score (nSPS) is 16.4. The summed E-state index contributed by atoms with van der Waals surface area (Å²) in [5.74, 6) is 0.00844. The number of nitrogens with zero attached hydrogens (tertiary/aromatic N) is 2. The van der Waals surface area contributed by atoms with E-state index in [1.807, 2.05) is 48.2 Å². The van der Waals surface area contributed by atoms with E-state index in [-0.39, 0.29) is 11.7 Å². The SMILES string of the molecule is Cn1cc(C=C2SC(=S)N(c3ccc(O)cc3)C2=O)c2ccccc21. The van der Waals surface area contributed by atoms with Crippen LogP contribution in [0.4, 0.5) is 5.69 Å². The molecule has 1 aliphatic heterocycles. The summed E-state index contributed by atoms with van der Waals surface area (Å²) < 4.78 is 2.53. The van der Waals surface area contributed by atoms with Gasteiger partial charge in [0.25, 0.3) is 5.91 Å². The number of thiocarbonyl (C=S) groups is 1. The molecule has 4 nitrogen and oxygen atoms in total. The van der Waals surface area contributed by atoms with Crippen molar-refractivity contribution < 1.29 is 9.90 Å². The minimum Gasteiger partial charge on any atom is -0.508 e. The zero-order valence-electron chi connectivity index (χ0n) is 13.3. The van der Waals surface area contributed by atoms with Crippen molar-refractivity contribution in [2.24, 2.45) is 7.05 Å². The lowest BCUT2D eigenvalue weighted by Gasteiger charge is -2.14. The van der Waals surface area contributed by atoms with Crippen LogP contribution in [0.3, 0.4) is 0 Å². The van der Waals surface area contributed by atoms with Crippen molar-refractivity contribution >= 4 is 56.9 Å². The Morgan fingerprint density at radius 1 is 1.12 bits per heavy atom. The van der Waals surface area contributed by atoms with Gasteiger partial charge in [-0.3, -0.25) is 9.69 Å². The quantitative estimate of drug-likeness (QED) is 0.543. The molecule has 0 saturated carbocycles. The van der Waals surface area contributed by atoms with Gasteiger partial charge >= 0.3 is 0 Å². The van der Waals surface area contributed by atoms with Crippen LogP contribution in [0.25, 0.3) is 17.0 Å². The Hall–Kier alpha value is -2.57. The predicted octanol–water partition coefficient (Wildman–Crippen LogP) is 4.29. The highest BCUT2D eigenvalue weighted by molar-refractivity contribution is 8.27. The number of carbonyl (C=O) groups is 1. The molecule has 0 bridgehead atoms. The van der Waals surface area contributed by atoms with E-state index in [1.54, 1.807) is 24.3 Å². The minimum absolute atomic E-state index is 0.145. The van der Waals surface area contributed by atoms with Crippen LogP contribution in [0.15, 0.2) is 59.6 Å². The van der Waals surface area contributed by atoms with Crippen LogP contribution < -0.4 is 4.90 Å². The minimum atomic E-state index is -0.145. The number of phenols is 1. The molecule has 0 aliphatic carbocycles. The maximum Gasteiger partial charge on any atom is 0.270 e. The number of rotatable bonds is 2. The highest BCUT2D eigenvalue weighted by atomic mass is 32.2. The summed E-state index contributed by atoms with van der Waals surface area (Å²) in [6.45, 7) is 0. The second-order valence-electron chi connectivity index (χ2n) is 5.75. The number of thioether (sulfide) groups is 1. The number of aryl methyl sites for hydroxylation is 1. The van der Waals surface area contributed by atoms with Crippen molar-refractivity contribution in [1.82, 2.24) is 4.57 Å². The first-order chi connectivity index (χ1) is 12.0. The van der Waals surface area contributed by atoms with E-state index in [0.717, 1.165) is 16.5 Å². The summed E-state index contributed by atoms with van der Waals surface area (Å²) in [7, 11) is 1.99. The Morgan fingerprint density at radius 2 is 1.84 bits per heavy atom. The maximum atomic E-state index is 12.8. The summed E-state index contributed by atoms with van der Waals surface area (Å²) in [5, 5.41) is 10.5. The number of anilines is 1. The van der Waals surface area contributed by atoms with Crippen molar-refractivity contribution in [1.29, 1.82) is 0 Å². The summed E-state index contributed by atoms with van der Waals surface area (Å²) >= 11 is 6.68. The number of fused-ring (bicyclic) bond motifs is 1. The lowest BCUT2D eigenvalue weighted by Crippen LogP contribution is -2.27. The maximum absolute atomic E-state index is 12.8. The van der Waals surface area contributed by atoms with Crippen molar-refractivity contribution in [3.05, 3.63) is 65.2 Å². The van der Waals surface area contributed by atoms with Gasteiger partial charge in [0.2, 0.25) is 0 Å². The topological polar surface area (TPSA) is 45.5 Å². The number of hydrogen-bond acceptors (Lipinski definition) is 4. The average molecular weight is 366 g/mol. The third kappa shape index (κ3) is 2.73. The number of carbonyl (C=O) groups excluding carboxylic acids is 1. The molecule has 0 spiro atoms. The van der Waals surface area contributed by atoms with Gasteiger partial charge in [-0.05, 0) is 36.4 Å². The Balaban J connectivity index is 1.74. The molecule has 1 amide bonds. The van der Waals surface area contributed by atoms with Crippen LogP contribution in [0.2, 0.25) is 0 Å². The summed E-state index contributed by atoms with van der Waals surface area (Å²) in [5.41, 5.74) is 2.76. The number of benzene rings is 2. The van der Waals surface area contributed by atoms with Gasteiger partial charge in [-0.1, -0.05) is 42.2 Å². The van der Waals surface area contributed by atoms with E-state index in [0.29, 0.717) is 14.9 Å². The zero-order chi connectivity index (χ0) is 17.6. The molecule has 124 valence electrons. The number of amides is 1. The molecule has 3 aromatic rings. The molecular weight excluding hydrogens is 352 g/mol. The molecule has 1 aromatic heterocycles. The largest absolute Gasteiger partial charge is 0.508 e. The van der Waals surface area contributed by atoms with Gasteiger partial charge in [-0.15, -0.1) is 0 Å². The van der Waals surface area contributed by atoms with Gasteiger partial charge in [0, 0.05) is 29.7 Å². The van der Waals surface area contributed by atoms with Crippen molar-refractivity contribution in [3.63, 3.8) is 0 Å². The van der Waals surface area contributed by atoms with Gasteiger partial charge in [0.1, 0.15) is 5.75 Å². The fraction of sp³-hybridized carbons (Fsp3) is 0.0526. The summed E-state index contributed by atoms with van der Waals surface area (Å²) in [4.78, 5) is 14.9. The second kappa shape index (κ2) is 6.06. The molecule has 2 aromatic carbocycles. The zero-order valence-corrected chi connectivity index (χ0v) is 15.0. The fourth-order valence-electron chi connectivity index (χ4n) is 2.92. The van der Waals surface area contributed by atoms with Crippen LogP contribution in [0.1, 0.15) is 5.56 Å². The smallest absolute Gasteiger partial charge is 0.270 e. The van der Waals surface area contributed by atoms with Gasteiger partial charge in [-0.2, -0.15) is 0 Å². The van der Waals surface area contributed by atoms with Gasteiger partial charge in [-0.25, -0.2) is 0 Å². The van der Waals surface area contributed by atoms with E-state index >= 15 is 0 Å². The first-order valence-electron chi connectivity index (χ1n) is 7.65. The van der Waals surface area contributed by atoms with Crippen LogP contribution in [-0.2, 0) is 11.8 Å². The number of phenolic OH excluding ortho intramolecular Hbond substituents is 1. The Morgan fingerprint density at radius 3 is 2.60 bits per heavy atom. The molecule has 1 saturated heterocycles. The molecule has 0 unspecified atom stereocenters. The number of aromatic nitrogens is 1. The Bertz CT molecular complexity index is 1040. The van der Waals surface area contributed by atoms with Gasteiger partial charge in [0.05, 0.1) is 10.6 Å². The molecule has 0 atom stereocenters. The van der Waals surface area contributed by atoms with Crippen LogP contribution in [0.5, 0.6) is 5.75 Å². The monoisotopic (exact) mass is 366 g/mol. The van der Waals surface area contributed by atoms with Crippen LogP contribution >= 0.6 is 24.0 Å². The second-order valence-corrected chi connectivity index (χ2v) is 7.42. The average Bonchev–Trinajstić information content (AvgIpc) is 3.06. The van der Waals surface area contributed by atoms with E-state index < -0.39 is 0 Å². The fourth-order valence-corrected chi connectivity index (χ4v) is 4.21. The highest BCUT2D eigenvalue weighted by Gasteiger charge is 2.33. The van der Waals surface area contributed by atoms with E-state index in [1.165, 1.54) is 16.7 Å². The lowest BCUT2D eigenvalue weighted by molar-refractivity contribution is -0.113. The summed E-state index contributed by atoms with van der Waals surface area (Å²) in [6.07, 6.45) is 3.90. The Kier molecular flexibility index (Phi) is 3.86. The molecule has 1 fully saturated rings. The predicted molar refractivity (Wildman–Crippen MR) is 107 cm³/mol. The van der Waals surface area contributed by atoms with Crippen molar-refractivity contribution in [3.8, 4) is 5.75 Å². The van der Waals surface area contributed by atoms with Crippen molar-refractivity contribution in [2.45, 2.75) is 0 Å². The standard InChI is InChI=1S/C19H14N2O2S2/c1-20-11-12(15-4-2-3-5-16(15)20)10-17-18(23)21(19(24)25-17)13-6-8-14(22)9-7-13/h2-11,22H,1H3. The Labute approximate surface area is 154 Å². The lowest BCUT2D eigenvalue weighted by atomic mass is 10.1. The third-order valence-electron chi connectivity index (χ3n) is 4.12. The molecule has 1 N–H and O–H groups in total. The molecule has 4 rings (SSSR count). The van der Waals surface area contributed by atoms with Crippen molar-refractivity contribution in [2.75, 3.05) is 4.90 Å². The molecule has 6 heteroatoms. The number of para-hydroxylation sites is 1. The van der Waals surface area contributed by atoms with Crippen LogP contribution in [0, 0.1) is 0 Å². The van der Waals surface area contributed by atoms with E-state index in [9.17, 15) is 9.90 Å². The molecule has 2 heterocycles. The first-order valence-corrected chi connectivity index (χ1v) is 8.88. The first kappa shape index (κ1) is 15.9. The molecule has 0 radical (unpaired) electrons.